The fourth-order valence-corrected chi connectivity index (χ4v) is 1.86. The predicted molar refractivity (Wildman–Crippen MR) is 64.4 cm³/mol. The molecule has 0 radical (unpaired) electrons. The summed E-state index contributed by atoms with van der Waals surface area (Å²) in [6, 6.07) is 0.343. The molecule has 4 heteroatoms. The predicted octanol–water partition coefficient (Wildman–Crippen LogP) is 2.09. The average Bonchev–Trinajstić information content (AvgIpc) is 2.63. The van der Waals surface area contributed by atoms with Gasteiger partial charge in [-0.05, 0) is 27.8 Å². The third-order valence-corrected chi connectivity index (χ3v) is 2.83. The first-order chi connectivity index (χ1) is 7.01. The second kappa shape index (κ2) is 5.58. The van der Waals surface area contributed by atoms with Gasteiger partial charge in [0.2, 0.25) is 0 Å². The number of likely N-dealkylation sites (N-methyl/N-ethyl adjacent to an activating group) is 1. The van der Waals surface area contributed by atoms with Crippen LogP contribution in [0.2, 0.25) is 0 Å². The van der Waals surface area contributed by atoms with Gasteiger partial charge in [-0.1, -0.05) is 0 Å². The Balaban J connectivity index is 2.36. The average molecular weight is 228 g/mol. The van der Waals surface area contributed by atoms with Crippen LogP contribution in [0.4, 0.5) is 0 Å². The van der Waals surface area contributed by atoms with Crippen LogP contribution >= 0.6 is 11.3 Å². The summed E-state index contributed by atoms with van der Waals surface area (Å²) < 4.78 is 5.75. The van der Waals surface area contributed by atoms with Crippen molar-refractivity contribution in [3.05, 3.63) is 16.6 Å². The topological polar surface area (TPSA) is 34.1 Å². The van der Waals surface area contributed by atoms with E-state index in [2.05, 4.69) is 31.1 Å². The highest BCUT2D eigenvalue weighted by atomic mass is 32.1. The molecule has 0 aromatic carbocycles. The third kappa shape index (κ3) is 5.25. The van der Waals surface area contributed by atoms with Gasteiger partial charge in [0.1, 0.15) is 0 Å². The molecule has 0 fully saturated rings. The van der Waals surface area contributed by atoms with E-state index in [4.69, 9.17) is 4.74 Å². The highest BCUT2D eigenvalue weighted by molar-refractivity contribution is 7.09. The summed E-state index contributed by atoms with van der Waals surface area (Å²) in [5.74, 6) is 0. The molecule has 1 rings (SSSR count). The van der Waals surface area contributed by atoms with Crippen molar-refractivity contribution >= 4 is 11.3 Å². The Labute approximate surface area is 95.9 Å². The number of aromatic nitrogens is 1. The second-order valence-corrected chi connectivity index (χ2v) is 5.52. The maximum Gasteiger partial charge on any atom is 0.0941 e. The van der Waals surface area contributed by atoms with Crippen LogP contribution in [0.5, 0.6) is 0 Å². The Morgan fingerprint density at radius 2 is 2.27 bits per heavy atom. The lowest BCUT2D eigenvalue weighted by molar-refractivity contribution is -0.0134. The summed E-state index contributed by atoms with van der Waals surface area (Å²) in [6.07, 6.45) is 2.78. The minimum absolute atomic E-state index is 0.0715. The van der Waals surface area contributed by atoms with E-state index >= 15 is 0 Å². The molecule has 1 heterocycles. The molecular formula is C11H20N2OS. The van der Waals surface area contributed by atoms with Gasteiger partial charge in [0.25, 0.3) is 0 Å². The van der Waals surface area contributed by atoms with Crippen molar-refractivity contribution < 1.29 is 4.74 Å². The van der Waals surface area contributed by atoms with Crippen molar-refractivity contribution in [2.75, 3.05) is 13.7 Å². The lowest BCUT2D eigenvalue weighted by atomic mass is 10.2. The van der Waals surface area contributed by atoms with Gasteiger partial charge < -0.3 is 10.1 Å². The number of thiazole rings is 1. The standard InChI is InChI=1S/C11H20N2OS/c1-11(2,3)14-8-9(12-4)7-10-13-5-6-15-10/h5-6,9,12H,7-8H2,1-4H3. The van der Waals surface area contributed by atoms with E-state index in [-0.39, 0.29) is 5.60 Å². The Morgan fingerprint density at radius 1 is 1.53 bits per heavy atom. The van der Waals surface area contributed by atoms with Gasteiger partial charge in [-0.3, -0.25) is 0 Å². The van der Waals surface area contributed by atoms with Gasteiger partial charge in [0, 0.05) is 24.0 Å². The monoisotopic (exact) mass is 228 g/mol. The summed E-state index contributed by atoms with van der Waals surface area (Å²) in [5, 5.41) is 6.42. The molecule has 15 heavy (non-hydrogen) atoms. The number of rotatable bonds is 5. The first-order valence-electron chi connectivity index (χ1n) is 5.21. The van der Waals surface area contributed by atoms with Gasteiger partial charge in [-0.15, -0.1) is 11.3 Å². The maximum absolute atomic E-state index is 5.75. The molecule has 0 amide bonds. The van der Waals surface area contributed by atoms with Crippen molar-refractivity contribution in [3.63, 3.8) is 0 Å². The number of ether oxygens (including phenoxy) is 1. The molecule has 0 aliphatic carbocycles. The van der Waals surface area contributed by atoms with Crippen molar-refractivity contribution in [1.82, 2.24) is 10.3 Å². The molecule has 0 bridgehead atoms. The van der Waals surface area contributed by atoms with Crippen LogP contribution in [0.1, 0.15) is 25.8 Å². The van der Waals surface area contributed by atoms with Crippen LogP contribution < -0.4 is 5.32 Å². The normalized spacial score (nSPS) is 14.1. The summed E-state index contributed by atoms with van der Waals surface area (Å²) in [7, 11) is 1.96. The fourth-order valence-electron chi connectivity index (χ4n) is 1.16. The number of hydrogen-bond acceptors (Lipinski definition) is 4. The van der Waals surface area contributed by atoms with Crippen LogP contribution in [0, 0.1) is 0 Å². The summed E-state index contributed by atoms with van der Waals surface area (Å²) in [5.41, 5.74) is -0.0715. The molecule has 0 spiro atoms. The fraction of sp³-hybridized carbons (Fsp3) is 0.727. The van der Waals surface area contributed by atoms with E-state index in [0.29, 0.717) is 6.04 Å². The van der Waals surface area contributed by atoms with Crippen LogP contribution in [0.25, 0.3) is 0 Å². The molecule has 1 aromatic rings. The minimum Gasteiger partial charge on any atom is -0.374 e. The molecule has 1 atom stereocenters. The lowest BCUT2D eigenvalue weighted by Gasteiger charge is -2.23. The molecule has 1 aromatic heterocycles. The van der Waals surface area contributed by atoms with Crippen LogP contribution in [0.3, 0.4) is 0 Å². The SMILES string of the molecule is CNC(COC(C)(C)C)Cc1nccs1. The van der Waals surface area contributed by atoms with Crippen LogP contribution in [0.15, 0.2) is 11.6 Å². The zero-order chi connectivity index (χ0) is 11.3. The van der Waals surface area contributed by atoms with Crippen molar-refractivity contribution in [3.8, 4) is 0 Å². The molecule has 3 nitrogen and oxygen atoms in total. The largest absolute Gasteiger partial charge is 0.374 e. The van der Waals surface area contributed by atoms with Crippen molar-refractivity contribution in [2.45, 2.75) is 38.8 Å². The van der Waals surface area contributed by atoms with Crippen LogP contribution in [-0.2, 0) is 11.2 Å². The number of nitrogens with one attached hydrogen (secondary N) is 1. The Kier molecular flexibility index (Phi) is 4.70. The second-order valence-electron chi connectivity index (χ2n) is 4.54. The molecule has 0 saturated heterocycles. The van der Waals surface area contributed by atoms with Gasteiger partial charge in [-0.2, -0.15) is 0 Å². The Morgan fingerprint density at radius 3 is 2.73 bits per heavy atom. The maximum atomic E-state index is 5.75. The van der Waals surface area contributed by atoms with Crippen LogP contribution in [-0.4, -0.2) is 30.3 Å². The first kappa shape index (κ1) is 12.6. The lowest BCUT2D eigenvalue weighted by Crippen LogP contribution is -2.36. The van der Waals surface area contributed by atoms with Gasteiger partial charge in [-0.25, -0.2) is 4.98 Å². The quantitative estimate of drug-likeness (QED) is 0.838. The van der Waals surface area contributed by atoms with Gasteiger partial charge >= 0.3 is 0 Å². The molecule has 1 N–H and O–H groups in total. The summed E-state index contributed by atoms with van der Waals surface area (Å²) in [6.45, 7) is 6.94. The molecule has 1 unspecified atom stereocenters. The van der Waals surface area contributed by atoms with E-state index in [0.717, 1.165) is 18.0 Å². The third-order valence-electron chi connectivity index (χ3n) is 2.03. The zero-order valence-electron chi connectivity index (χ0n) is 9.91. The molecule has 0 saturated carbocycles. The highest BCUT2D eigenvalue weighted by Gasteiger charge is 2.15. The minimum atomic E-state index is -0.0715. The molecule has 86 valence electrons. The summed E-state index contributed by atoms with van der Waals surface area (Å²) in [4.78, 5) is 4.27. The number of hydrogen-bond donors (Lipinski definition) is 1. The van der Waals surface area contributed by atoms with Crippen molar-refractivity contribution in [1.29, 1.82) is 0 Å². The Hall–Kier alpha value is -0.450. The molecule has 0 aliphatic heterocycles. The zero-order valence-corrected chi connectivity index (χ0v) is 10.7. The molecule has 0 aliphatic rings. The van der Waals surface area contributed by atoms with E-state index in [1.54, 1.807) is 11.3 Å². The van der Waals surface area contributed by atoms with Gasteiger partial charge in [0.15, 0.2) is 0 Å². The first-order valence-corrected chi connectivity index (χ1v) is 6.09. The van der Waals surface area contributed by atoms with E-state index < -0.39 is 0 Å². The van der Waals surface area contributed by atoms with E-state index in [9.17, 15) is 0 Å². The molecular weight excluding hydrogens is 208 g/mol. The van der Waals surface area contributed by atoms with E-state index in [1.807, 2.05) is 18.6 Å². The van der Waals surface area contributed by atoms with Crippen molar-refractivity contribution in [2.24, 2.45) is 0 Å². The Bertz CT molecular complexity index is 267. The van der Waals surface area contributed by atoms with E-state index in [1.165, 1.54) is 0 Å². The highest BCUT2D eigenvalue weighted by Crippen LogP contribution is 2.11. The summed E-state index contributed by atoms with van der Waals surface area (Å²) >= 11 is 1.69. The number of nitrogens with zero attached hydrogens (tertiary/aromatic N) is 1. The smallest absolute Gasteiger partial charge is 0.0941 e. The van der Waals surface area contributed by atoms with Gasteiger partial charge in [0.05, 0.1) is 17.2 Å².